The van der Waals surface area contributed by atoms with Crippen LogP contribution in [0.5, 0.6) is 0 Å². The number of piperidine rings is 1. The molecule has 0 bridgehead atoms. The lowest BCUT2D eigenvalue weighted by Gasteiger charge is -2.36. The highest BCUT2D eigenvalue weighted by molar-refractivity contribution is 5.92. The van der Waals surface area contributed by atoms with Crippen molar-refractivity contribution in [2.75, 3.05) is 31.5 Å². The van der Waals surface area contributed by atoms with Gasteiger partial charge in [-0.05, 0) is 31.4 Å². The predicted molar refractivity (Wildman–Crippen MR) is 83.3 cm³/mol. The summed E-state index contributed by atoms with van der Waals surface area (Å²) in [4.78, 5) is 30.5. The lowest BCUT2D eigenvalue weighted by atomic mass is 9.93. The normalized spacial score (nSPS) is 19.6. The number of carbonyl (C=O) groups is 2. The molecular formula is C16H22N4O2. The molecule has 2 saturated heterocycles. The molecule has 0 atom stereocenters. The van der Waals surface area contributed by atoms with Gasteiger partial charge in [0.05, 0.1) is 5.92 Å². The van der Waals surface area contributed by atoms with Crippen LogP contribution in [0.3, 0.4) is 0 Å². The van der Waals surface area contributed by atoms with Crippen molar-refractivity contribution in [3.63, 3.8) is 0 Å². The quantitative estimate of drug-likeness (QED) is 0.865. The Bertz CT molecular complexity index is 546. The fourth-order valence-corrected chi connectivity index (χ4v) is 2.85. The molecule has 0 unspecified atom stereocenters. The first-order valence-electron chi connectivity index (χ1n) is 7.86. The summed E-state index contributed by atoms with van der Waals surface area (Å²) in [6.07, 6.45) is 3.19. The van der Waals surface area contributed by atoms with Gasteiger partial charge in [-0.3, -0.25) is 9.59 Å². The SMILES string of the molecule is Cc1ccc(NC(=O)C2CCN(C(=O)C3CNC3)CC2)nc1. The van der Waals surface area contributed by atoms with E-state index in [4.69, 9.17) is 0 Å². The van der Waals surface area contributed by atoms with Crippen LogP contribution in [0, 0.1) is 18.8 Å². The van der Waals surface area contributed by atoms with Crippen LogP contribution < -0.4 is 10.6 Å². The molecule has 1 aromatic rings. The van der Waals surface area contributed by atoms with Crippen LogP contribution in [0.25, 0.3) is 0 Å². The number of pyridine rings is 1. The van der Waals surface area contributed by atoms with Crippen molar-refractivity contribution in [1.82, 2.24) is 15.2 Å². The van der Waals surface area contributed by atoms with Crippen LogP contribution in [0.1, 0.15) is 18.4 Å². The van der Waals surface area contributed by atoms with Gasteiger partial charge in [0, 0.05) is 38.3 Å². The van der Waals surface area contributed by atoms with Crippen molar-refractivity contribution >= 4 is 17.6 Å². The van der Waals surface area contributed by atoms with E-state index in [2.05, 4.69) is 15.6 Å². The number of anilines is 1. The lowest BCUT2D eigenvalue weighted by molar-refractivity contribution is -0.139. The molecule has 0 spiro atoms. The molecule has 2 N–H and O–H groups in total. The largest absolute Gasteiger partial charge is 0.342 e. The Labute approximate surface area is 130 Å². The van der Waals surface area contributed by atoms with Gasteiger partial charge in [-0.25, -0.2) is 4.98 Å². The molecule has 0 aliphatic carbocycles. The highest BCUT2D eigenvalue weighted by Crippen LogP contribution is 2.21. The molecule has 22 heavy (non-hydrogen) atoms. The van der Waals surface area contributed by atoms with Gasteiger partial charge in [0.1, 0.15) is 5.82 Å². The van der Waals surface area contributed by atoms with Crippen LogP contribution in [-0.4, -0.2) is 47.9 Å². The van der Waals surface area contributed by atoms with Gasteiger partial charge < -0.3 is 15.5 Å². The summed E-state index contributed by atoms with van der Waals surface area (Å²) in [5.74, 6) is 0.940. The maximum Gasteiger partial charge on any atom is 0.228 e. The number of amides is 2. The van der Waals surface area contributed by atoms with Crippen LogP contribution in [0.15, 0.2) is 18.3 Å². The Morgan fingerprint density at radius 1 is 1.23 bits per heavy atom. The minimum Gasteiger partial charge on any atom is -0.342 e. The maximum absolute atomic E-state index is 12.3. The number of hydrogen-bond donors (Lipinski definition) is 2. The zero-order valence-electron chi connectivity index (χ0n) is 12.8. The molecule has 2 aliphatic rings. The summed E-state index contributed by atoms with van der Waals surface area (Å²) in [5, 5.41) is 5.99. The third-order valence-electron chi connectivity index (χ3n) is 4.47. The second-order valence-electron chi connectivity index (χ2n) is 6.16. The highest BCUT2D eigenvalue weighted by Gasteiger charge is 2.33. The van der Waals surface area contributed by atoms with E-state index in [1.807, 2.05) is 24.0 Å². The van der Waals surface area contributed by atoms with Crippen molar-refractivity contribution in [3.05, 3.63) is 23.9 Å². The van der Waals surface area contributed by atoms with Gasteiger partial charge >= 0.3 is 0 Å². The van der Waals surface area contributed by atoms with Gasteiger partial charge in [-0.1, -0.05) is 6.07 Å². The average Bonchev–Trinajstić information content (AvgIpc) is 2.48. The Kier molecular flexibility index (Phi) is 4.38. The van der Waals surface area contributed by atoms with E-state index >= 15 is 0 Å². The van der Waals surface area contributed by atoms with Gasteiger partial charge in [0.15, 0.2) is 0 Å². The minimum absolute atomic E-state index is 0.00811. The number of rotatable bonds is 3. The smallest absolute Gasteiger partial charge is 0.228 e. The van der Waals surface area contributed by atoms with E-state index in [1.165, 1.54) is 0 Å². The molecule has 3 heterocycles. The van der Waals surface area contributed by atoms with Crippen LogP contribution in [-0.2, 0) is 9.59 Å². The average molecular weight is 302 g/mol. The summed E-state index contributed by atoms with van der Waals surface area (Å²) in [6, 6.07) is 3.74. The number of hydrogen-bond acceptors (Lipinski definition) is 4. The van der Waals surface area contributed by atoms with Crippen molar-refractivity contribution in [3.8, 4) is 0 Å². The highest BCUT2D eigenvalue weighted by atomic mass is 16.2. The van der Waals surface area contributed by atoms with Crippen LogP contribution in [0.4, 0.5) is 5.82 Å². The summed E-state index contributed by atoms with van der Waals surface area (Å²) in [7, 11) is 0. The van der Waals surface area contributed by atoms with E-state index in [0.29, 0.717) is 18.9 Å². The van der Waals surface area contributed by atoms with Crippen molar-refractivity contribution in [1.29, 1.82) is 0 Å². The van der Waals surface area contributed by atoms with Crippen molar-refractivity contribution in [2.24, 2.45) is 11.8 Å². The molecule has 0 radical (unpaired) electrons. The Morgan fingerprint density at radius 3 is 2.50 bits per heavy atom. The van der Waals surface area contributed by atoms with Crippen molar-refractivity contribution in [2.45, 2.75) is 19.8 Å². The van der Waals surface area contributed by atoms with Gasteiger partial charge in [0.2, 0.25) is 11.8 Å². The molecule has 2 aliphatic heterocycles. The first-order valence-corrected chi connectivity index (χ1v) is 7.86. The topological polar surface area (TPSA) is 74.3 Å². The van der Waals surface area contributed by atoms with E-state index in [0.717, 1.165) is 31.5 Å². The van der Waals surface area contributed by atoms with Crippen molar-refractivity contribution < 1.29 is 9.59 Å². The summed E-state index contributed by atoms with van der Waals surface area (Å²) < 4.78 is 0. The fraction of sp³-hybridized carbons (Fsp3) is 0.562. The van der Waals surface area contributed by atoms with Gasteiger partial charge in [0.25, 0.3) is 0 Å². The number of carbonyl (C=O) groups excluding carboxylic acids is 2. The van der Waals surface area contributed by atoms with Crippen LogP contribution in [0.2, 0.25) is 0 Å². The Balaban J connectivity index is 1.49. The molecule has 0 saturated carbocycles. The Hall–Kier alpha value is -1.95. The lowest BCUT2D eigenvalue weighted by Crippen LogP contribution is -2.53. The third-order valence-corrected chi connectivity index (χ3v) is 4.47. The molecule has 2 fully saturated rings. The second-order valence-corrected chi connectivity index (χ2v) is 6.16. The Morgan fingerprint density at radius 2 is 1.95 bits per heavy atom. The van der Waals surface area contributed by atoms with E-state index in [-0.39, 0.29) is 23.7 Å². The standard InChI is InChI=1S/C16H22N4O2/c1-11-2-3-14(18-8-11)19-15(21)12-4-6-20(7-5-12)16(22)13-9-17-10-13/h2-3,8,12-13,17H,4-7,9-10H2,1H3,(H,18,19,21). The number of nitrogens with one attached hydrogen (secondary N) is 2. The molecule has 1 aromatic heterocycles. The second kappa shape index (κ2) is 6.44. The molecule has 6 nitrogen and oxygen atoms in total. The monoisotopic (exact) mass is 302 g/mol. The number of nitrogens with zero attached hydrogens (tertiary/aromatic N) is 2. The first kappa shape index (κ1) is 15.0. The molecule has 3 rings (SSSR count). The number of aromatic nitrogens is 1. The van der Waals surface area contributed by atoms with E-state index in [1.54, 1.807) is 6.20 Å². The molecule has 2 amide bonds. The molecular weight excluding hydrogens is 280 g/mol. The summed E-state index contributed by atoms with van der Waals surface area (Å²) in [5.41, 5.74) is 1.07. The number of likely N-dealkylation sites (tertiary alicyclic amines) is 1. The fourth-order valence-electron chi connectivity index (χ4n) is 2.85. The van der Waals surface area contributed by atoms with Gasteiger partial charge in [-0.15, -0.1) is 0 Å². The van der Waals surface area contributed by atoms with E-state index < -0.39 is 0 Å². The number of aryl methyl sites for hydroxylation is 1. The van der Waals surface area contributed by atoms with E-state index in [9.17, 15) is 9.59 Å². The molecule has 118 valence electrons. The zero-order chi connectivity index (χ0) is 15.5. The molecule has 6 heteroatoms. The van der Waals surface area contributed by atoms with Crippen LogP contribution >= 0.6 is 0 Å². The summed E-state index contributed by atoms with van der Waals surface area (Å²) in [6.45, 7) is 4.89. The predicted octanol–water partition coefficient (Wildman–Crippen LogP) is 0.787. The zero-order valence-corrected chi connectivity index (χ0v) is 12.8. The maximum atomic E-state index is 12.3. The third kappa shape index (κ3) is 3.27. The summed E-state index contributed by atoms with van der Waals surface area (Å²) >= 11 is 0. The molecule has 0 aromatic carbocycles. The van der Waals surface area contributed by atoms with Gasteiger partial charge in [-0.2, -0.15) is 0 Å². The minimum atomic E-state index is -0.0355. The first-order chi connectivity index (χ1) is 10.6.